The van der Waals surface area contributed by atoms with Crippen molar-refractivity contribution < 1.29 is 9.90 Å². The molecule has 2 N–H and O–H groups in total. The highest BCUT2D eigenvalue weighted by Gasteiger charge is 2.45. The molecule has 0 aliphatic heterocycles. The first kappa shape index (κ1) is 13.1. The van der Waals surface area contributed by atoms with Gasteiger partial charge >= 0.3 is 5.97 Å². The van der Waals surface area contributed by atoms with Crippen LogP contribution in [-0.4, -0.2) is 32.9 Å². The molecule has 5 nitrogen and oxygen atoms in total. The Labute approximate surface area is 107 Å². The summed E-state index contributed by atoms with van der Waals surface area (Å²) in [7, 11) is 0. The lowest BCUT2D eigenvalue weighted by atomic mass is 9.97. The first-order chi connectivity index (χ1) is 8.48. The molecule has 0 spiro atoms. The fourth-order valence-corrected chi connectivity index (χ4v) is 3.01. The number of carbonyl (C=O) groups is 1. The Balaban J connectivity index is 2.21. The van der Waals surface area contributed by atoms with E-state index >= 15 is 0 Å². The van der Waals surface area contributed by atoms with Gasteiger partial charge in [0.05, 0.1) is 11.7 Å². The van der Waals surface area contributed by atoms with Gasteiger partial charge in [0.2, 0.25) is 0 Å². The van der Waals surface area contributed by atoms with Crippen molar-refractivity contribution in [2.24, 2.45) is 0 Å². The monoisotopic (exact) mass is 251 g/mol. The molecule has 1 aromatic rings. The normalized spacial score (nSPS) is 27.6. The second kappa shape index (κ2) is 4.72. The average molecular weight is 251 g/mol. The first-order valence-electron chi connectivity index (χ1n) is 6.49. The van der Waals surface area contributed by atoms with Gasteiger partial charge in [0, 0.05) is 5.69 Å². The number of aryl methyl sites for hydroxylation is 2. The number of rotatable bonds is 4. The van der Waals surface area contributed by atoms with Gasteiger partial charge in [0.15, 0.2) is 0 Å². The van der Waals surface area contributed by atoms with Crippen LogP contribution >= 0.6 is 0 Å². The second-order valence-corrected chi connectivity index (χ2v) is 5.19. The molecule has 2 atom stereocenters. The third-order valence-electron chi connectivity index (χ3n) is 3.80. The van der Waals surface area contributed by atoms with Crippen LogP contribution in [0.15, 0.2) is 6.07 Å². The van der Waals surface area contributed by atoms with E-state index in [4.69, 9.17) is 0 Å². The van der Waals surface area contributed by atoms with Crippen LogP contribution in [0.3, 0.4) is 0 Å². The number of hydrogen-bond donors (Lipinski definition) is 2. The van der Waals surface area contributed by atoms with Gasteiger partial charge < -0.3 is 10.4 Å². The molecule has 100 valence electrons. The lowest BCUT2D eigenvalue weighted by molar-refractivity contribution is -0.144. The summed E-state index contributed by atoms with van der Waals surface area (Å²) in [6.45, 7) is 6.61. The van der Waals surface area contributed by atoms with E-state index in [2.05, 4.69) is 10.4 Å². The van der Waals surface area contributed by atoms with E-state index in [0.29, 0.717) is 19.4 Å². The molecule has 5 heteroatoms. The molecule has 18 heavy (non-hydrogen) atoms. The summed E-state index contributed by atoms with van der Waals surface area (Å²) in [4.78, 5) is 11.5. The van der Waals surface area contributed by atoms with Gasteiger partial charge in [-0.1, -0.05) is 6.92 Å². The third kappa shape index (κ3) is 2.14. The minimum atomic E-state index is -0.772. The first-order valence-corrected chi connectivity index (χ1v) is 6.49. The summed E-state index contributed by atoms with van der Waals surface area (Å²) >= 11 is 0. The molecule has 1 aromatic heterocycles. The molecule has 1 aliphatic rings. The summed E-state index contributed by atoms with van der Waals surface area (Å²) in [5.74, 6) is -0.742. The Hall–Kier alpha value is -1.36. The van der Waals surface area contributed by atoms with Crippen molar-refractivity contribution in [3.8, 4) is 0 Å². The molecule has 1 fully saturated rings. The molecule has 0 saturated heterocycles. The third-order valence-corrected chi connectivity index (χ3v) is 3.80. The Bertz CT molecular complexity index is 455. The zero-order chi connectivity index (χ0) is 13.3. The summed E-state index contributed by atoms with van der Waals surface area (Å²) in [5.41, 5.74) is 1.32. The Morgan fingerprint density at radius 1 is 1.67 bits per heavy atom. The zero-order valence-corrected chi connectivity index (χ0v) is 11.2. The average Bonchev–Trinajstić information content (AvgIpc) is 2.84. The highest BCUT2D eigenvalue weighted by atomic mass is 16.4. The molecule has 2 rings (SSSR count). The van der Waals surface area contributed by atoms with Crippen LogP contribution in [0.1, 0.15) is 43.6 Å². The number of likely N-dealkylation sites (N-methyl/N-ethyl adjacent to an activating group) is 1. The molecule has 0 bridgehead atoms. The summed E-state index contributed by atoms with van der Waals surface area (Å²) in [5, 5.41) is 17.1. The van der Waals surface area contributed by atoms with Crippen LogP contribution in [0.5, 0.6) is 0 Å². The molecule has 0 radical (unpaired) electrons. The van der Waals surface area contributed by atoms with Crippen LogP contribution in [0.4, 0.5) is 0 Å². The van der Waals surface area contributed by atoms with Crippen molar-refractivity contribution in [2.75, 3.05) is 6.54 Å². The largest absolute Gasteiger partial charge is 0.480 e. The number of aromatic nitrogens is 2. The molecule has 2 unspecified atom stereocenters. The fourth-order valence-electron chi connectivity index (χ4n) is 3.01. The SMILES string of the molecule is CCNC1(C(=O)O)CCC(n2nc(C)cc2C)C1. The molecule has 1 saturated carbocycles. The van der Waals surface area contributed by atoms with Gasteiger partial charge in [-0.2, -0.15) is 5.10 Å². The molecule has 0 aromatic carbocycles. The van der Waals surface area contributed by atoms with Gasteiger partial charge in [-0.3, -0.25) is 9.48 Å². The van der Waals surface area contributed by atoms with Crippen molar-refractivity contribution in [1.29, 1.82) is 0 Å². The maximum absolute atomic E-state index is 11.5. The van der Waals surface area contributed by atoms with E-state index in [0.717, 1.165) is 17.8 Å². The van der Waals surface area contributed by atoms with Crippen molar-refractivity contribution in [3.05, 3.63) is 17.5 Å². The molecule has 1 aliphatic carbocycles. The van der Waals surface area contributed by atoms with E-state index < -0.39 is 11.5 Å². The van der Waals surface area contributed by atoms with Crippen LogP contribution in [-0.2, 0) is 4.79 Å². The van der Waals surface area contributed by atoms with E-state index in [1.54, 1.807) is 0 Å². The number of hydrogen-bond acceptors (Lipinski definition) is 3. The Morgan fingerprint density at radius 2 is 2.39 bits per heavy atom. The van der Waals surface area contributed by atoms with Crippen molar-refractivity contribution >= 4 is 5.97 Å². The van der Waals surface area contributed by atoms with Gasteiger partial charge in [0.1, 0.15) is 5.54 Å². The van der Waals surface area contributed by atoms with Crippen LogP contribution in [0, 0.1) is 13.8 Å². The van der Waals surface area contributed by atoms with E-state index in [1.165, 1.54) is 0 Å². The van der Waals surface area contributed by atoms with Crippen molar-refractivity contribution in [2.45, 2.75) is 51.6 Å². The summed E-state index contributed by atoms with van der Waals surface area (Å²) in [6.07, 6.45) is 2.14. The van der Waals surface area contributed by atoms with E-state index in [1.807, 2.05) is 31.5 Å². The molecule has 1 heterocycles. The minimum Gasteiger partial charge on any atom is -0.480 e. The quantitative estimate of drug-likeness (QED) is 0.854. The standard InChI is InChI=1S/C13H21N3O2/c1-4-14-13(12(17)18)6-5-11(8-13)16-10(3)7-9(2)15-16/h7,11,14H,4-6,8H2,1-3H3,(H,17,18). The van der Waals surface area contributed by atoms with E-state index in [-0.39, 0.29) is 6.04 Å². The van der Waals surface area contributed by atoms with Gasteiger partial charge in [-0.25, -0.2) is 0 Å². The van der Waals surface area contributed by atoms with Gasteiger partial charge in [-0.05, 0) is 45.7 Å². The Morgan fingerprint density at radius 3 is 2.89 bits per heavy atom. The zero-order valence-electron chi connectivity index (χ0n) is 11.2. The smallest absolute Gasteiger partial charge is 0.323 e. The van der Waals surface area contributed by atoms with Gasteiger partial charge in [-0.15, -0.1) is 0 Å². The fraction of sp³-hybridized carbons (Fsp3) is 0.692. The second-order valence-electron chi connectivity index (χ2n) is 5.19. The number of aliphatic carboxylic acids is 1. The van der Waals surface area contributed by atoms with Crippen molar-refractivity contribution in [3.63, 3.8) is 0 Å². The van der Waals surface area contributed by atoms with Crippen LogP contribution < -0.4 is 5.32 Å². The Kier molecular flexibility index (Phi) is 3.43. The molecular formula is C13H21N3O2. The number of nitrogens with zero attached hydrogens (tertiary/aromatic N) is 2. The highest BCUT2D eigenvalue weighted by molar-refractivity contribution is 5.79. The lowest BCUT2D eigenvalue weighted by Crippen LogP contribution is -2.50. The number of carboxylic acid groups (broad SMARTS) is 1. The molecule has 0 amide bonds. The predicted molar refractivity (Wildman–Crippen MR) is 68.6 cm³/mol. The summed E-state index contributed by atoms with van der Waals surface area (Å²) < 4.78 is 1.98. The highest BCUT2D eigenvalue weighted by Crippen LogP contribution is 2.38. The molecular weight excluding hydrogens is 230 g/mol. The van der Waals surface area contributed by atoms with Gasteiger partial charge in [0.25, 0.3) is 0 Å². The maximum Gasteiger partial charge on any atom is 0.323 e. The topological polar surface area (TPSA) is 67.2 Å². The lowest BCUT2D eigenvalue weighted by Gasteiger charge is -2.25. The number of carboxylic acids is 1. The van der Waals surface area contributed by atoms with Crippen LogP contribution in [0.25, 0.3) is 0 Å². The predicted octanol–water partition coefficient (Wildman–Crippen LogP) is 1.66. The number of nitrogens with one attached hydrogen (secondary N) is 1. The maximum atomic E-state index is 11.5. The summed E-state index contributed by atoms with van der Waals surface area (Å²) in [6, 6.07) is 2.22. The van der Waals surface area contributed by atoms with E-state index in [9.17, 15) is 9.90 Å². The minimum absolute atomic E-state index is 0.189. The van der Waals surface area contributed by atoms with Crippen molar-refractivity contribution in [1.82, 2.24) is 15.1 Å². The van der Waals surface area contributed by atoms with Crippen LogP contribution in [0.2, 0.25) is 0 Å².